The van der Waals surface area contributed by atoms with Crippen molar-refractivity contribution in [1.82, 2.24) is 19.7 Å². The highest BCUT2D eigenvalue weighted by molar-refractivity contribution is 5.94. The molecule has 26 heavy (non-hydrogen) atoms. The number of rotatable bonds is 5. The minimum absolute atomic E-state index is 0.104. The van der Waals surface area contributed by atoms with Gasteiger partial charge >= 0.3 is 0 Å². The molecule has 1 amide bonds. The van der Waals surface area contributed by atoms with Gasteiger partial charge in [0.1, 0.15) is 11.4 Å². The van der Waals surface area contributed by atoms with Gasteiger partial charge in [-0.2, -0.15) is 5.10 Å². The molecule has 0 aliphatic carbocycles. The molecule has 0 spiro atoms. The molecule has 0 aliphatic heterocycles. The standard InChI is InChI=1S/C21H26N4O/c1-6-16(4)22-21(26)20-13-17(19-8-7-11-24(19)5)23-25(20)18-10-9-14(2)12-15(18)3/h7-13,16H,6H2,1-5H3,(H,22,26). The van der Waals surface area contributed by atoms with Crippen LogP contribution in [0, 0.1) is 13.8 Å². The number of carbonyl (C=O) groups excluding carboxylic acids is 1. The molecule has 0 fully saturated rings. The van der Waals surface area contributed by atoms with Crippen LogP contribution in [0.3, 0.4) is 0 Å². The van der Waals surface area contributed by atoms with Gasteiger partial charge in [-0.1, -0.05) is 24.6 Å². The highest BCUT2D eigenvalue weighted by Gasteiger charge is 2.20. The first kappa shape index (κ1) is 18.0. The Balaban J connectivity index is 2.13. The average molecular weight is 350 g/mol. The van der Waals surface area contributed by atoms with Crippen molar-refractivity contribution in [3.8, 4) is 17.1 Å². The first-order valence-corrected chi connectivity index (χ1v) is 9.01. The smallest absolute Gasteiger partial charge is 0.270 e. The molecule has 136 valence electrons. The van der Waals surface area contributed by atoms with Crippen molar-refractivity contribution in [2.24, 2.45) is 7.05 Å². The van der Waals surface area contributed by atoms with Gasteiger partial charge in [-0.05, 0) is 57.0 Å². The summed E-state index contributed by atoms with van der Waals surface area (Å²) in [5, 5.41) is 7.82. The minimum atomic E-state index is -0.104. The van der Waals surface area contributed by atoms with Crippen molar-refractivity contribution < 1.29 is 4.79 Å². The SMILES string of the molecule is CCC(C)NC(=O)c1cc(-c2cccn2C)nn1-c1ccc(C)cc1C. The van der Waals surface area contributed by atoms with E-state index >= 15 is 0 Å². The molecule has 0 aliphatic rings. The molecule has 0 bridgehead atoms. The van der Waals surface area contributed by atoms with Gasteiger partial charge in [-0.25, -0.2) is 4.68 Å². The summed E-state index contributed by atoms with van der Waals surface area (Å²) in [6, 6.07) is 12.1. The van der Waals surface area contributed by atoms with Gasteiger partial charge in [0, 0.05) is 19.3 Å². The van der Waals surface area contributed by atoms with E-state index < -0.39 is 0 Å². The summed E-state index contributed by atoms with van der Waals surface area (Å²) < 4.78 is 3.76. The number of carbonyl (C=O) groups is 1. The number of aromatic nitrogens is 3. The van der Waals surface area contributed by atoms with Crippen molar-refractivity contribution >= 4 is 5.91 Å². The van der Waals surface area contributed by atoms with E-state index in [9.17, 15) is 4.79 Å². The number of benzene rings is 1. The average Bonchev–Trinajstić information content (AvgIpc) is 3.20. The van der Waals surface area contributed by atoms with Gasteiger partial charge in [0.2, 0.25) is 0 Å². The van der Waals surface area contributed by atoms with Gasteiger partial charge in [-0.3, -0.25) is 4.79 Å². The predicted octanol–water partition coefficient (Wildman–Crippen LogP) is 4.02. The third-order valence-corrected chi connectivity index (χ3v) is 4.72. The summed E-state index contributed by atoms with van der Waals surface area (Å²) in [5.74, 6) is -0.104. The van der Waals surface area contributed by atoms with Crippen molar-refractivity contribution in [3.63, 3.8) is 0 Å². The van der Waals surface area contributed by atoms with Crippen LogP contribution in [0.2, 0.25) is 0 Å². The highest BCUT2D eigenvalue weighted by Crippen LogP contribution is 2.24. The quantitative estimate of drug-likeness (QED) is 0.755. The first-order valence-electron chi connectivity index (χ1n) is 9.01. The van der Waals surface area contributed by atoms with E-state index in [1.807, 2.05) is 62.0 Å². The van der Waals surface area contributed by atoms with E-state index in [0.29, 0.717) is 5.69 Å². The van der Waals surface area contributed by atoms with Crippen molar-refractivity contribution in [2.45, 2.75) is 40.2 Å². The van der Waals surface area contributed by atoms with Crippen LogP contribution in [0.4, 0.5) is 0 Å². The number of nitrogens with zero attached hydrogens (tertiary/aromatic N) is 3. The second kappa shape index (κ2) is 7.20. The fraction of sp³-hybridized carbons (Fsp3) is 0.333. The number of hydrogen-bond donors (Lipinski definition) is 1. The Labute approximate surface area is 154 Å². The third-order valence-electron chi connectivity index (χ3n) is 4.72. The molecule has 1 N–H and O–H groups in total. The van der Waals surface area contributed by atoms with Crippen LogP contribution >= 0.6 is 0 Å². The number of aryl methyl sites for hydroxylation is 3. The molecule has 2 aromatic heterocycles. The normalized spacial score (nSPS) is 12.2. The molecule has 1 atom stereocenters. The molecule has 2 heterocycles. The fourth-order valence-electron chi connectivity index (χ4n) is 3.02. The lowest BCUT2D eigenvalue weighted by Gasteiger charge is -2.14. The second-order valence-corrected chi connectivity index (χ2v) is 6.90. The highest BCUT2D eigenvalue weighted by atomic mass is 16.2. The van der Waals surface area contributed by atoms with Crippen molar-refractivity contribution in [3.05, 3.63) is 59.4 Å². The molecular weight excluding hydrogens is 324 g/mol. The van der Waals surface area contributed by atoms with Crippen LogP contribution in [-0.2, 0) is 7.05 Å². The molecule has 0 radical (unpaired) electrons. The van der Waals surface area contributed by atoms with Crippen LogP contribution < -0.4 is 5.32 Å². The van der Waals surface area contributed by atoms with Crippen LogP contribution in [0.1, 0.15) is 41.9 Å². The lowest BCUT2D eigenvalue weighted by molar-refractivity contribution is 0.0931. The molecule has 3 rings (SSSR count). The number of nitrogens with one attached hydrogen (secondary N) is 1. The molecule has 5 nitrogen and oxygen atoms in total. The fourth-order valence-corrected chi connectivity index (χ4v) is 3.02. The summed E-state index contributed by atoms with van der Waals surface area (Å²) in [5.41, 5.74) is 5.51. The lowest BCUT2D eigenvalue weighted by atomic mass is 10.1. The molecule has 1 aromatic carbocycles. The molecule has 5 heteroatoms. The summed E-state index contributed by atoms with van der Waals surface area (Å²) in [7, 11) is 1.98. The Kier molecular flexibility index (Phi) is 4.98. The van der Waals surface area contributed by atoms with E-state index in [4.69, 9.17) is 5.10 Å². The maximum Gasteiger partial charge on any atom is 0.270 e. The Hall–Kier alpha value is -2.82. The van der Waals surface area contributed by atoms with Gasteiger partial charge in [0.05, 0.1) is 11.4 Å². The summed E-state index contributed by atoms with van der Waals surface area (Å²) >= 11 is 0. The zero-order chi connectivity index (χ0) is 18.8. The van der Waals surface area contributed by atoms with E-state index in [2.05, 4.69) is 25.2 Å². The lowest BCUT2D eigenvalue weighted by Crippen LogP contribution is -2.33. The summed E-state index contributed by atoms with van der Waals surface area (Å²) in [6.07, 6.45) is 2.86. The molecule has 1 unspecified atom stereocenters. The van der Waals surface area contributed by atoms with Gasteiger partial charge in [-0.15, -0.1) is 0 Å². The van der Waals surface area contributed by atoms with Crippen LogP contribution in [0.5, 0.6) is 0 Å². The van der Waals surface area contributed by atoms with Crippen molar-refractivity contribution in [1.29, 1.82) is 0 Å². The predicted molar refractivity (Wildman–Crippen MR) is 105 cm³/mol. The molecule has 0 saturated carbocycles. The van der Waals surface area contributed by atoms with E-state index in [-0.39, 0.29) is 11.9 Å². The Morgan fingerprint density at radius 2 is 2.00 bits per heavy atom. The van der Waals surface area contributed by atoms with Gasteiger partial charge < -0.3 is 9.88 Å². The topological polar surface area (TPSA) is 51.9 Å². The zero-order valence-corrected chi connectivity index (χ0v) is 16.1. The largest absolute Gasteiger partial charge is 0.349 e. The molecular formula is C21H26N4O. The van der Waals surface area contributed by atoms with E-state index in [1.54, 1.807) is 4.68 Å². The minimum Gasteiger partial charge on any atom is -0.349 e. The maximum atomic E-state index is 12.9. The number of amides is 1. The Morgan fingerprint density at radius 1 is 1.23 bits per heavy atom. The number of hydrogen-bond acceptors (Lipinski definition) is 2. The first-order chi connectivity index (χ1) is 12.4. The monoisotopic (exact) mass is 350 g/mol. The maximum absolute atomic E-state index is 12.9. The summed E-state index contributed by atoms with van der Waals surface area (Å²) in [4.78, 5) is 12.9. The van der Waals surface area contributed by atoms with E-state index in [0.717, 1.165) is 29.1 Å². The molecule has 0 saturated heterocycles. The zero-order valence-electron chi connectivity index (χ0n) is 16.1. The van der Waals surface area contributed by atoms with Gasteiger partial charge in [0.25, 0.3) is 5.91 Å². The Morgan fingerprint density at radius 3 is 2.62 bits per heavy atom. The van der Waals surface area contributed by atoms with Crippen LogP contribution in [0.15, 0.2) is 42.6 Å². The van der Waals surface area contributed by atoms with Crippen LogP contribution in [-0.4, -0.2) is 26.3 Å². The summed E-state index contributed by atoms with van der Waals surface area (Å²) in [6.45, 7) is 8.17. The van der Waals surface area contributed by atoms with Gasteiger partial charge in [0.15, 0.2) is 0 Å². The second-order valence-electron chi connectivity index (χ2n) is 6.90. The third kappa shape index (κ3) is 3.43. The Bertz CT molecular complexity index is 935. The van der Waals surface area contributed by atoms with E-state index in [1.165, 1.54) is 5.56 Å². The molecule has 3 aromatic rings. The van der Waals surface area contributed by atoms with Crippen LogP contribution in [0.25, 0.3) is 17.1 Å². The van der Waals surface area contributed by atoms with Crippen molar-refractivity contribution in [2.75, 3.05) is 0 Å².